The van der Waals surface area contributed by atoms with E-state index in [0.29, 0.717) is 28.2 Å². The van der Waals surface area contributed by atoms with Gasteiger partial charge in [0.1, 0.15) is 23.5 Å². The highest BCUT2D eigenvalue weighted by molar-refractivity contribution is 6.05. The van der Waals surface area contributed by atoms with Crippen molar-refractivity contribution >= 4 is 23.1 Å². The number of benzene rings is 1. The zero-order chi connectivity index (χ0) is 21.5. The highest BCUT2D eigenvalue weighted by Gasteiger charge is 2.31. The van der Waals surface area contributed by atoms with Crippen LogP contribution in [-0.2, 0) is 6.18 Å². The van der Waals surface area contributed by atoms with E-state index >= 15 is 0 Å². The monoisotopic (exact) mass is 412 g/mol. The molecule has 0 radical (unpaired) electrons. The number of nitrogens with two attached hydrogens (primary N) is 1. The lowest BCUT2D eigenvalue weighted by Gasteiger charge is -2.11. The second-order valence-electron chi connectivity index (χ2n) is 6.57. The molecule has 10 heteroatoms. The molecule has 4 aromatic rings. The van der Waals surface area contributed by atoms with E-state index in [1.165, 1.54) is 0 Å². The summed E-state index contributed by atoms with van der Waals surface area (Å²) in [5, 5.41) is 2.40. The lowest BCUT2D eigenvalue weighted by Crippen LogP contribution is -2.15. The summed E-state index contributed by atoms with van der Waals surface area (Å²) in [5.41, 5.74) is 7.95. The average Bonchev–Trinajstić information content (AvgIpc) is 3.13. The summed E-state index contributed by atoms with van der Waals surface area (Å²) in [5.74, 6) is -0.431. The van der Waals surface area contributed by atoms with Crippen LogP contribution in [0.4, 0.5) is 24.8 Å². The van der Waals surface area contributed by atoms with Crippen molar-refractivity contribution in [1.29, 1.82) is 0 Å². The molecule has 0 spiro atoms. The van der Waals surface area contributed by atoms with Crippen LogP contribution in [0.15, 0.2) is 55.2 Å². The van der Waals surface area contributed by atoms with Gasteiger partial charge in [-0.1, -0.05) is 6.07 Å². The van der Waals surface area contributed by atoms with Gasteiger partial charge in [-0.05, 0) is 36.8 Å². The molecule has 152 valence electrons. The molecule has 4 rings (SSSR count). The number of rotatable bonds is 3. The first-order valence-corrected chi connectivity index (χ1v) is 8.77. The van der Waals surface area contributed by atoms with Gasteiger partial charge in [-0.15, -0.1) is 0 Å². The Hall–Kier alpha value is -3.95. The fourth-order valence-corrected chi connectivity index (χ4v) is 3.11. The van der Waals surface area contributed by atoms with Crippen LogP contribution >= 0.6 is 0 Å². The van der Waals surface area contributed by atoms with Gasteiger partial charge in [0, 0.05) is 29.7 Å². The Balaban J connectivity index is 1.63. The molecule has 0 saturated heterocycles. The fraction of sp³-hybridized carbons (Fsp3) is 0.100. The number of amides is 1. The molecule has 0 bridgehead atoms. The number of anilines is 2. The third-order valence-electron chi connectivity index (χ3n) is 4.55. The molecule has 1 aromatic carbocycles. The number of fused-ring (bicyclic) bond motifs is 1. The van der Waals surface area contributed by atoms with Gasteiger partial charge in [0.15, 0.2) is 0 Å². The van der Waals surface area contributed by atoms with Gasteiger partial charge in [-0.25, -0.2) is 15.0 Å². The SMILES string of the molecule is Cc1cc(-c2ncn3ccnc(N)c23)ccc1C(=O)Nc1cc(C(F)(F)F)ccn1. The number of aryl methyl sites for hydroxylation is 1. The third-order valence-corrected chi connectivity index (χ3v) is 4.55. The highest BCUT2D eigenvalue weighted by Crippen LogP contribution is 2.30. The van der Waals surface area contributed by atoms with E-state index < -0.39 is 17.6 Å². The molecule has 0 saturated carbocycles. The van der Waals surface area contributed by atoms with E-state index in [1.807, 2.05) is 0 Å². The number of alkyl halides is 3. The van der Waals surface area contributed by atoms with Crippen molar-refractivity contribution in [2.24, 2.45) is 0 Å². The summed E-state index contributed by atoms with van der Waals surface area (Å²) in [6.45, 7) is 1.72. The maximum Gasteiger partial charge on any atom is 0.416 e. The summed E-state index contributed by atoms with van der Waals surface area (Å²) >= 11 is 0. The highest BCUT2D eigenvalue weighted by atomic mass is 19.4. The van der Waals surface area contributed by atoms with Crippen molar-refractivity contribution in [3.63, 3.8) is 0 Å². The predicted molar refractivity (Wildman–Crippen MR) is 105 cm³/mol. The van der Waals surface area contributed by atoms with Crippen LogP contribution in [0.2, 0.25) is 0 Å². The second-order valence-corrected chi connectivity index (χ2v) is 6.57. The Bertz CT molecular complexity index is 1270. The van der Waals surface area contributed by atoms with Gasteiger partial charge in [-0.3, -0.25) is 4.79 Å². The average molecular weight is 412 g/mol. The molecule has 0 aliphatic carbocycles. The first kappa shape index (κ1) is 19.4. The number of nitrogen functional groups attached to an aromatic ring is 1. The van der Waals surface area contributed by atoms with E-state index in [1.54, 1.807) is 48.2 Å². The van der Waals surface area contributed by atoms with Crippen LogP contribution in [0.5, 0.6) is 0 Å². The molecule has 3 N–H and O–H groups in total. The maximum absolute atomic E-state index is 12.8. The van der Waals surface area contributed by atoms with Crippen molar-refractivity contribution in [1.82, 2.24) is 19.4 Å². The zero-order valence-corrected chi connectivity index (χ0v) is 15.6. The van der Waals surface area contributed by atoms with Crippen molar-refractivity contribution in [2.45, 2.75) is 13.1 Å². The molecule has 1 amide bonds. The first-order valence-electron chi connectivity index (χ1n) is 8.77. The topological polar surface area (TPSA) is 98.2 Å². The summed E-state index contributed by atoms with van der Waals surface area (Å²) in [7, 11) is 0. The Morgan fingerprint density at radius 1 is 1.10 bits per heavy atom. The fourth-order valence-electron chi connectivity index (χ4n) is 3.11. The number of carbonyl (C=O) groups is 1. The molecule has 3 aromatic heterocycles. The van der Waals surface area contributed by atoms with Crippen LogP contribution in [0, 0.1) is 6.92 Å². The van der Waals surface area contributed by atoms with Crippen LogP contribution in [0.25, 0.3) is 16.8 Å². The summed E-state index contributed by atoms with van der Waals surface area (Å²) in [6, 6.07) is 6.64. The smallest absolute Gasteiger partial charge is 0.382 e. The van der Waals surface area contributed by atoms with E-state index in [2.05, 4.69) is 20.3 Å². The van der Waals surface area contributed by atoms with Crippen LogP contribution in [0.1, 0.15) is 21.5 Å². The van der Waals surface area contributed by atoms with E-state index in [-0.39, 0.29) is 5.82 Å². The molecule has 0 atom stereocenters. The standard InChI is InChI=1S/C20H15F3N6O/c1-11-8-12(16-17-18(24)26-6-7-29(17)10-27-16)2-3-14(11)19(30)28-15-9-13(4-5-25-15)20(21,22)23/h2-10H,1H3,(H2,24,26)(H,25,28,30). The molecular weight excluding hydrogens is 397 g/mol. The summed E-state index contributed by atoms with van der Waals surface area (Å²) in [6.07, 6.45) is 1.37. The quantitative estimate of drug-likeness (QED) is 0.531. The van der Waals surface area contributed by atoms with Crippen LogP contribution in [0.3, 0.4) is 0 Å². The Labute approximate surface area is 168 Å². The van der Waals surface area contributed by atoms with Crippen molar-refractivity contribution in [3.8, 4) is 11.3 Å². The minimum atomic E-state index is -4.52. The lowest BCUT2D eigenvalue weighted by molar-refractivity contribution is -0.137. The number of aromatic nitrogens is 4. The number of hydrogen-bond donors (Lipinski definition) is 2. The molecule has 0 aliphatic heterocycles. The van der Waals surface area contributed by atoms with Gasteiger partial charge >= 0.3 is 6.18 Å². The van der Waals surface area contributed by atoms with Crippen LogP contribution in [-0.4, -0.2) is 25.3 Å². The molecule has 0 aliphatic rings. The molecule has 7 nitrogen and oxygen atoms in total. The normalized spacial score (nSPS) is 11.6. The summed E-state index contributed by atoms with van der Waals surface area (Å²) < 4.78 is 40.3. The van der Waals surface area contributed by atoms with Gasteiger partial charge in [0.05, 0.1) is 11.3 Å². The van der Waals surface area contributed by atoms with E-state index in [4.69, 9.17) is 5.73 Å². The third kappa shape index (κ3) is 3.54. The molecule has 0 fully saturated rings. The second kappa shape index (κ2) is 7.14. The van der Waals surface area contributed by atoms with Gasteiger partial charge in [0.2, 0.25) is 0 Å². The Morgan fingerprint density at radius 2 is 1.90 bits per heavy atom. The number of halogens is 3. The predicted octanol–water partition coefficient (Wildman–Crippen LogP) is 3.95. The minimum Gasteiger partial charge on any atom is -0.382 e. The molecule has 30 heavy (non-hydrogen) atoms. The molecular formula is C20H15F3N6O. The van der Waals surface area contributed by atoms with Gasteiger partial charge in [-0.2, -0.15) is 13.2 Å². The van der Waals surface area contributed by atoms with Gasteiger partial charge in [0.25, 0.3) is 5.91 Å². The maximum atomic E-state index is 12.8. The summed E-state index contributed by atoms with van der Waals surface area (Å²) in [4.78, 5) is 24.8. The lowest BCUT2D eigenvalue weighted by atomic mass is 10.0. The van der Waals surface area contributed by atoms with Crippen LogP contribution < -0.4 is 11.1 Å². The number of hydrogen-bond acceptors (Lipinski definition) is 5. The Morgan fingerprint density at radius 3 is 2.63 bits per heavy atom. The zero-order valence-electron chi connectivity index (χ0n) is 15.6. The Kier molecular flexibility index (Phi) is 4.61. The van der Waals surface area contributed by atoms with Crippen molar-refractivity contribution in [2.75, 3.05) is 11.1 Å². The molecule has 3 heterocycles. The van der Waals surface area contributed by atoms with Gasteiger partial charge < -0.3 is 15.5 Å². The van der Waals surface area contributed by atoms with Crippen molar-refractivity contribution < 1.29 is 18.0 Å². The van der Waals surface area contributed by atoms with E-state index in [0.717, 1.165) is 23.9 Å². The largest absolute Gasteiger partial charge is 0.416 e. The number of nitrogens with one attached hydrogen (secondary N) is 1. The first-order chi connectivity index (χ1) is 14.2. The number of nitrogens with zero attached hydrogens (tertiary/aromatic N) is 4. The molecule has 0 unspecified atom stereocenters. The number of imidazole rings is 1. The van der Waals surface area contributed by atoms with Crippen molar-refractivity contribution in [3.05, 3.63) is 71.9 Å². The van der Waals surface area contributed by atoms with E-state index in [9.17, 15) is 18.0 Å². The minimum absolute atomic E-state index is 0.183. The number of carbonyl (C=O) groups excluding carboxylic acids is 1. The number of pyridine rings is 1.